The number of ketones is 1. The molecule has 3 unspecified atom stereocenters. The van der Waals surface area contributed by atoms with Crippen LogP contribution >= 0.6 is 0 Å². The molecule has 2 aromatic rings. The van der Waals surface area contributed by atoms with Crippen LogP contribution in [-0.4, -0.2) is 105 Å². The van der Waals surface area contributed by atoms with Crippen LogP contribution in [0.1, 0.15) is 36.5 Å². The maximum Gasteiger partial charge on any atom is 0.251 e. The third-order valence-electron chi connectivity index (χ3n) is 8.19. The van der Waals surface area contributed by atoms with Gasteiger partial charge in [0.25, 0.3) is 5.91 Å². The number of Topliss-reactive ketones (excluding diaryl/α,β-unsaturated/α-hetero) is 1. The van der Waals surface area contributed by atoms with E-state index in [1.807, 2.05) is 19.1 Å². The number of pyridine rings is 1. The van der Waals surface area contributed by atoms with Crippen molar-refractivity contribution in [1.29, 1.82) is 0 Å². The Balaban J connectivity index is 1.27. The van der Waals surface area contributed by atoms with Gasteiger partial charge in [0.1, 0.15) is 17.0 Å². The third-order valence-corrected chi connectivity index (χ3v) is 10.0. The molecule has 3 atom stereocenters. The minimum absolute atomic E-state index is 0.193. The molecule has 3 saturated heterocycles. The summed E-state index contributed by atoms with van der Waals surface area (Å²) < 4.78 is 28.1. The highest BCUT2D eigenvalue weighted by molar-refractivity contribution is 7.89. The average Bonchev–Trinajstić information content (AvgIpc) is 3.54. The van der Waals surface area contributed by atoms with Crippen LogP contribution in [0.25, 0.3) is 0 Å². The van der Waals surface area contributed by atoms with Crippen molar-refractivity contribution in [3.05, 3.63) is 59.6 Å². The number of hydrogen-bond acceptors (Lipinski definition) is 8. The van der Waals surface area contributed by atoms with E-state index >= 15 is 0 Å². The standard InChI is InChI=1S/C28H36N6O6S/c1-3-5-23(29-27(36)20-7-9-21(10-8-20)31-16-14-30(2)15-17-31)28(37)33-13-11-24-26(33)25(35)19-34(24)41(39,40)22-6-4-12-32(38)18-22/h4,6-10,12,18,23-24,26H,3,5,11,13-17,19H2,1-2H3,(H,29,36). The normalized spacial score (nSPS) is 22.5. The molecular weight excluding hydrogens is 548 g/mol. The number of fused-ring (bicyclic) bond motifs is 1. The molecule has 1 aromatic heterocycles. The van der Waals surface area contributed by atoms with Crippen molar-refractivity contribution >= 4 is 33.3 Å². The predicted molar refractivity (Wildman–Crippen MR) is 151 cm³/mol. The molecule has 3 aliphatic heterocycles. The van der Waals surface area contributed by atoms with Crippen molar-refractivity contribution in [1.82, 2.24) is 19.4 Å². The molecule has 2 amide bonds. The number of hydrogen-bond donors (Lipinski definition) is 1. The molecule has 0 bridgehead atoms. The molecule has 0 spiro atoms. The number of nitrogens with zero attached hydrogens (tertiary/aromatic N) is 5. The summed E-state index contributed by atoms with van der Waals surface area (Å²) in [5, 5.41) is 14.5. The van der Waals surface area contributed by atoms with Crippen molar-refractivity contribution in [2.24, 2.45) is 0 Å². The summed E-state index contributed by atoms with van der Waals surface area (Å²) in [5.74, 6) is -1.16. The molecule has 0 saturated carbocycles. The summed E-state index contributed by atoms with van der Waals surface area (Å²) in [7, 11) is -2.03. The summed E-state index contributed by atoms with van der Waals surface area (Å²) in [5.41, 5.74) is 1.47. The maximum absolute atomic E-state index is 13.7. The van der Waals surface area contributed by atoms with Crippen LogP contribution in [0.15, 0.2) is 53.7 Å². The number of anilines is 1. The first-order valence-electron chi connectivity index (χ1n) is 14.0. The van der Waals surface area contributed by atoms with Gasteiger partial charge in [0.2, 0.25) is 15.9 Å². The van der Waals surface area contributed by atoms with E-state index in [4.69, 9.17) is 0 Å². The Morgan fingerprint density at radius 1 is 1.10 bits per heavy atom. The molecule has 3 aliphatic rings. The van der Waals surface area contributed by atoms with Gasteiger partial charge in [0.05, 0.1) is 12.6 Å². The lowest BCUT2D eigenvalue weighted by Crippen LogP contribution is -2.52. The molecular formula is C28H36N6O6S. The fraction of sp³-hybridized carbons (Fsp3) is 0.500. The van der Waals surface area contributed by atoms with Crippen molar-refractivity contribution in [3.63, 3.8) is 0 Å². The fourth-order valence-corrected chi connectivity index (χ4v) is 7.57. The Labute approximate surface area is 240 Å². The zero-order valence-corrected chi connectivity index (χ0v) is 24.1. The first kappa shape index (κ1) is 29.0. The van der Waals surface area contributed by atoms with Gasteiger partial charge in [0, 0.05) is 50.0 Å². The van der Waals surface area contributed by atoms with Crippen molar-refractivity contribution in [2.75, 3.05) is 51.2 Å². The monoisotopic (exact) mass is 584 g/mol. The highest BCUT2D eigenvalue weighted by atomic mass is 32.2. The SMILES string of the molecule is CCCC(NC(=O)c1ccc(N2CCN(C)CC2)cc1)C(=O)N1CCC2C1C(=O)CN2S(=O)(=O)c1ccc[n+]([O-])c1. The second-order valence-electron chi connectivity index (χ2n) is 10.9. The van der Waals surface area contributed by atoms with Crippen LogP contribution in [0, 0.1) is 5.21 Å². The molecule has 1 N–H and O–H groups in total. The van der Waals surface area contributed by atoms with Crippen LogP contribution in [0.5, 0.6) is 0 Å². The molecule has 220 valence electrons. The molecule has 12 nitrogen and oxygen atoms in total. The Morgan fingerprint density at radius 2 is 1.80 bits per heavy atom. The molecule has 41 heavy (non-hydrogen) atoms. The van der Waals surface area contributed by atoms with Crippen molar-refractivity contribution in [3.8, 4) is 0 Å². The van der Waals surface area contributed by atoms with Crippen LogP contribution in [0.2, 0.25) is 0 Å². The largest absolute Gasteiger partial charge is 0.619 e. The summed E-state index contributed by atoms with van der Waals surface area (Å²) >= 11 is 0. The van der Waals surface area contributed by atoms with Gasteiger partial charge >= 0.3 is 0 Å². The summed E-state index contributed by atoms with van der Waals surface area (Å²) in [6, 6.07) is 7.46. The first-order chi connectivity index (χ1) is 19.6. The van der Waals surface area contributed by atoms with E-state index < -0.39 is 34.1 Å². The van der Waals surface area contributed by atoms with Gasteiger partial charge in [0.15, 0.2) is 18.2 Å². The lowest BCUT2D eigenvalue weighted by Gasteiger charge is -2.34. The minimum atomic E-state index is -4.12. The van der Waals surface area contributed by atoms with Gasteiger partial charge in [-0.1, -0.05) is 13.3 Å². The van der Waals surface area contributed by atoms with E-state index in [-0.39, 0.29) is 36.1 Å². The number of rotatable bonds is 8. The van der Waals surface area contributed by atoms with Crippen LogP contribution in [0.4, 0.5) is 5.69 Å². The summed E-state index contributed by atoms with van der Waals surface area (Å²) in [6.07, 6.45) is 3.42. The number of carbonyl (C=O) groups is 3. The van der Waals surface area contributed by atoms with E-state index in [9.17, 15) is 28.0 Å². The topological polar surface area (TPSA) is 137 Å². The second-order valence-corrected chi connectivity index (χ2v) is 12.8. The molecule has 1 aromatic carbocycles. The first-order valence-corrected chi connectivity index (χ1v) is 15.4. The van der Waals surface area contributed by atoms with Crippen molar-refractivity contribution in [2.45, 2.75) is 49.2 Å². The van der Waals surface area contributed by atoms with E-state index in [2.05, 4.69) is 22.2 Å². The summed E-state index contributed by atoms with van der Waals surface area (Å²) in [4.78, 5) is 45.7. The number of aromatic nitrogens is 1. The number of benzene rings is 1. The Kier molecular flexibility index (Phi) is 8.30. The van der Waals surface area contributed by atoms with E-state index in [1.165, 1.54) is 23.2 Å². The smallest absolute Gasteiger partial charge is 0.251 e. The Bertz CT molecular complexity index is 1410. The minimum Gasteiger partial charge on any atom is -0.619 e. The molecule has 4 heterocycles. The molecule has 5 rings (SSSR count). The van der Waals surface area contributed by atoms with Crippen LogP contribution < -0.4 is 14.9 Å². The number of likely N-dealkylation sites (N-methyl/N-ethyl adjacent to an activating group) is 1. The fourth-order valence-electron chi connectivity index (χ4n) is 5.94. The maximum atomic E-state index is 13.7. The molecule has 3 fully saturated rings. The average molecular weight is 585 g/mol. The van der Waals surface area contributed by atoms with Gasteiger partial charge < -0.3 is 25.2 Å². The predicted octanol–water partition coefficient (Wildman–Crippen LogP) is 0.213. The van der Waals surface area contributed by atoms with Gasteiger partial charge in [-0.15, -0.1) is 0 Å². The lowest BCUT2D eigenvalue weighted by molar-refractivity contribution is -0.607. The molecule has 13 heteroatoms. The number of sulfonamides is 1. The Morgan fingerprint density at radius 3 is 2.46 bits per heavy atom. The van der Waals surface area contributed by atoms with Crippen LogP contribution in [0.3, 0.4) is 0 Å². The van der Waals surface area contributed by atoms with E-state index in [1.54, 1.807) is 12.1 Å². The van der Waals surface area contributed by atoms with E-state index in [0.29, 0.717) is 23.1 Å². The highest BCUT2D eigenvalue weighted by Gasteiger charge is 2.54. The van der Waals surface area contributed by atoms with Crippen molar-refractivity contribution < 1.29 is 27.5 Å². The zero-order chi connectivity index (χ0) is 29.3. The number of piperazine rings is 1. The second kappa shape index (κ2) is 11.7. The van der Waals surface area contributed by atoms with Gasteiger partial charge in [-0.25, -0.2) is 8.42 Å². The van der Waals surface area contributed by atoms with Crippen LogP contribution in [-0.2, 0) is 19.6 Å². The molecule has 0 radical (unpaired) electrons. The third kappa shape index (κ3) is 5.79. The Hall–Kier alpha value is -3.55. The molecule has 0 aliphatic carbocycles. The zero-order valence-electron chi connectivity index (χ0n) is 23.3. The van der Waals surface area contributed by atoms with Gasteiger partial charge in [-0.05, 0) is 50.2 Å². The number of nitrogens with one attached hydrogen (secondary N) is 1. The van der Waals surface area contributed by atoms with Gasteiger partial charge in [-0.2, -0.15) is 9.04 Å². The number of carbonyl (C=O) groups excluding carboxylic acids is 3. The number of amides is 2. The van der Waals surface area contributed by atoms with Gasteiger partial charge in [-0.3, -0.25) is 14.4 Å². The lowest BCUT2D eigenvalue weighted by atomic mass is 10.1. The highest BCUT2D eigenvalue weighted by Crippen LogP contribution is 2.34. The summed E-state index contributed by atoms with van der Waals surface area (Å²) in [6.45, 7) is 5.49. The quantitative estimate of drug-likeness (QED) is 0.344. The number of likely N-dealkylation sites (tertiary alicyclic amines) is 1. The van der Waals surface area contributed by atoms with E-state index in [0.717, 1.165) is 42.4 Å².